The zero-order valence-corrected chi connectivity index (χ0v) is 25.6. The van der Waals surface area contributed by atoms with E-state index < -0.39 is 12.0 Å². The third kappa shape index (κ3) is 8.60. The molecule has 0 saturated heterocycles. The van der Waals surface area contributed by atoms with E-state index >= 15 is 0 Å². The number of hydrogen-bond acceptors (Lipinski definition) is 7. The van der Waals surface area contributed by atoms with Crippen molar-refractivity contribution in [3.63, 3.8) is 0 Å². The normalized spacial score (nSPS) is 15.7. The van der Waals surface area contributed by atoms with Crippen LogP contribution in [0.5, 0.6) is 28.7 Å². The lowest BCUT2D eigenvalue weighted by Gasteiger charge is -2.26. The number of benzene rings is 3. The molecule has 1 aromatic heterocycles. The maximum atomic E-state index is 14.0. The lowest BCUT2D eigenvalue weighted by Crippen LogP contribution is -2.30. The highest BCUT2D eigenvalue weighted by Crippen LogP contribution is 2.34. The van der Waals surface area contributed by atoms with Crippen molar-refractivity contribution < 1.29 is 34.7 Å². The van der Waals surface area contributed by atoms with Crippen molar-refractivity contribution >= 4 is 5.78 Å². The molecule has 5 rings (SSSR count). The second kappa shape index (κ2) is 15.0. The van der Waals surface area contributed by atoms with Crippen molar-refractivity contribution in [3.05, 3.63) is 101 Å². The second-order valence-electron chi connectivity index (χ2n) is 12.1. The first-order valence-electron chi connectivity index (χ1n) is 15.7. The van der Waals surface area contributed by atoms with Crippen molar-refractivity contribution in [1.82, 2.24) is 4.98 Å². The molecule has 1 saturated carbocycles. The maximum Gasteiger partial charge on any atom is 0.161 e. The van der Waals surface area contributed by atoms with Crippen molar-refractivity contribution in [2.75, 3.05) is 7.11 Å². The Hall–Kier alpha value is -4.43. The summed E-state index contributed by atoms with van der Waals surface area (Å²) in [7, 11) is 1.47. The number of aromatic hydroxyl groups is 3. The van der Waals surface area contributed by atoms with Gasteiger partial charge in [0.05, 0.1) is 19.3 Å². The molecule has 45 heavy (non-hydrogen) atoms. The fourth-order valence-corrected chi connectivity index (χ4v) is 6.29. The van der Waals surface area contributed by atoms with Gasteiger partial charge in [0, 0.05) is 12.3 Å². The molecule has 3 aromatic carbocycles. The van der Waals surface area contributed by atoms with Crippen LogP contribution in [0, 0.1) is 5.92 Å². The molecule has 3 atom stereocenters. The van der Waals surface area contributed by atoms with Crippen LogP contribution in [-0.2, 0) is 24.1 Å². The first-order valence-corrected chi connectivity index (χ1v) is 15.7. The van der Waals surface area contributed by atoms with Gasteiger partial charge in [-0.2, -0.15) is 12.4 Å². The average molecular weight is 613 g/mol. The summed E-state index contributed by atoms with van der Waals surface area (Å²) in [5, 5.41) is 42.4. The van der Waals surface area contributed by atoms with Gasteiger partial charge in [-0.1, -0.05) is 42.3 Å². The van der Waals surface area contributed by atoms with Gasteiger partial charge in [-0.05, 0) is 104 Å². The number of aliphatic hydroxyl groups is 1. The summed E-state index contributed by atoms with van der Waals surface area (Å²) in [6.07, 6.45) is 9.13. The van der Waals surface area contributed by atoms with E-state index in [0.717, 1.165) is 42.4 Å². The smallest absolute Gasteiger partial charge is 0.161 e. The predicted molar refractivity (Wildman–Crippen MR) is 171 cm³/mol. The first-order chi connectivity index (χ1) is 21.8. The number of Topliss-reactive ketones (excluding diaryl/α,β-unsaturated/α-hetero) is 1. The first kappa shape index (κ1) is 32.0. The van der Waals surface area contributed by atoms with Gasteiger partial charge in [0.2, 0.25) is 0 Å². The molecule has 0 amide bonds. The number of phenols is 3. The minimum atomic E-state index is -0.974. The van der Waals surface area contributed by atoms with Gasteiger partial charge >= 0.3 is 0 Å². The summed E-state index contributed by atoms with van der Waals surface area (Å²) in [6.45, 7) is 0. The van der Waals surface area contributed by atoms with Crippen LogP contribution in [-0.4, -0.2) is 45.5 Å². The number of carbonyl (C=O) groups excluding carboxylic acids is 1. The molecule has 0 radical (unpaired) electrons. The van der Waals surface area contributed by atoms with Crippen molar-refractivity contribution in [1.29, 1.82) is 0 Å². The molecule has 4 aromatic rings. The number of rotatable bonds is 14. The Kier molecular flexibility index (Phi) is 10.7. The quantitative estimate of drug-likeness (QED) is 0.132. The SMILES string of the molecule is COc1cc(C[C@H](C(=O)C[C@@H](O)[C@H](Cc2cc[n-]c2)Cc2ccc(O)c(OC3CCCCC3)c2)c2cccc(O)c2)ccc1O. The van der Waals surface area contributed by atoms with E-state index in [1.54, 1.807) is 54.9 Å². The Morgan fingerprint density at radius 2 is 1.53 bits per heavy atom. The zero-order chi connectivity index (χ0) is 31.8. The lowest BCUT2D eigenvalue weighted by molar-refractivity contribution is -0.123. The van der Waals surface area contributed by atoms with Crippen LogP contribution in [0.15, 0.2) is 79.1 Å². The van der Waals surface area contributed by atoms with E-state index in [0.29, 0.717) is 36.3 Å². The van der Waals surface area contributed by atoms with Gasteiger partial charge < -0.3 is 34.9 Å². The highest BCUT2D eigenvalue weighted by molar-refractivity contribution is 5.86. The van der Waals surface area contributed by atoms with Gasteiger partial charge in [-0.15, -0.1) is 0 Å². The molecule has 1 aliphatic carbocycles. The molecule has 8 nitrogen and oxygen atoms in total. The van der Waals surface area contributed by atoms with E-state index in [2.05, 4.69) is 4.98 Å². The molecule has 0 unspecified atom stereocenters. The second-order valence-corrected chi connectivity index (χ2v) is 12.1. The maximum absolute atomic E-state index is 14.0. The van der Waals surface area contributed by atoms with Crippen LogP contribution < -0.4 is 14.5 Å². The number of aliphatic hydroxyl groups excluding tert-OH is 1. The highest BCUT2D eigenvalue weighted by atomic mass is 16.5. The lowest BCUT2D eigenvalue weighted by atomic mass is 9.81. The van der Waals surface area contributed by atoms with E-state index in [4.69, 9.17) is 9.47 Å². The van der Waals surface area contributed by atoms with Gasteiger partial charge in [0.15, 0.2) is 23.0 Å². The minimum absolute atomic E-state index is 0.00303. The van der Waals surface area contributed by atoms with Crippen LogP contribution in [0.2, 0.25) is 0 Å². The number of nitrogens with zero attached hydrogens (tertiary/aromatic N) is 1. The third-order valence-electron chi connectivity index (χ3n) is 8.78. The third-order valence-corrected chi connectivity index (χ3v) is 8.78. The largest absolute Gasteiger partial charge is 0.670 e. The van der Waals surface area contributed by atoms with E-state index in [1.165, 1.54) is 19.6 Å². The van der Waals surface area contributed by atoms with Gasteiger partial charge in [0.1, 0.15) is 11.5 Å². The van der Waals surface area contributed by atoms with Crippen molar-refractivity contribution in [3.8, 4) is 28.7 Å². The Morgan fingerprint density at radius 1 is 0.844 bits per heavy atom. The molecule has 0 aliphatic heterocycles. The number of phenolic OH excluding ortho intramolecular Hbond substituents is 3. The van der Waals surface area contributed by atoms with E-state index in [-0.39, 0.29) is 41.5 Å². The number of carbonyl (C=O) groups is 1. The predicted octanol–water partition coefficient (Wildman–Crippen LogP) is 6.23. The molecular formula is C37H42NO7-. The van der Waals surface area contributed by atoms with Crippen LogP contribution in [0.3, 0.4) is 0 Å². The number of aromatic nitrogens is 1. The summed E-state index contributed by atoms with van der Waals surface area (Å²) in [5.41, 5.74) is 3.27. The number of ketones is 1. The summed E-state index contributed by atoms with van der Waals surface area (Å²) in [5.74, 6) is -0.229. The van der Waals surface area contributed by atoms with Crippen LogP contribution in [0.25, 0.3) is 0 Å². The fraction of sp³-hybridized carbons (Fsp3) is 0.378. The van der Waals surface area contributed by atoms with Crippen LogP contribution >= 0.6 is 0 Å². The molecule has 0 spiro atoms. The molecule has 1 aliphatic rings. The van der Waals surface area contributed by atoms with Crippen LogP contribution in [0.1, 0.15) is 66.7 Å². The van der Waals surface area contributed by atoms with Gasteiger partial charge in [0.25, 0.3) is 0 Å². The number of hydrogen-bond donors (Lipinski definition) is 4. The standard InChI is InChI=1S/C37H42NO7/c1-44-36-19-25(11-12-32(36)40)18-31(27-6-5-7-29(39)21-27)35(43)22-34(42)28(17-26-14-15-38-23-26)16-24-10-13-33(41)37(20-24)45-30-8-3-2-4-9-30/h5-7,10-15,19-21,23,28,30-31,34,39-42H,2-4,8-9,16-18,22H2,1H3/q-1/t28-,31-,34+/m0/s1. The topological polar surface area (TPSA) is 131 Å². The van der Waals surface area contributed by atoms with E-state index in [1.807, 2.05) is 18.2 Å². The zero-order valence-electron chi connectivity index (χ0n) is 25.6. The summed E-state index contributed by atoms with van der Waals surface area (Å²) < 4.78 is 11.5. The summed E-state index contributed by atoms with van der Waals surface area (Å²) in [4.78, 5) is 18.2. The summed E-state index contributed by atoms with van der Waals surface area (Å²) in [6, 6.07) is 18.8. The number of methoxy groups -OCH3 is 1. The van der Waals surface area contributed by atoms with Crippen molar-refractivity contribution in [2.24, 2.45) is 5.92 Å². The highest BCUT2D eigenvalue weighted by Gasteiger charge is 2.29. The van der Waals surface area contributed by atoms with E-state index in [9.17, 15) is 25.2 Å². The van der Waals surface area contributed by atoms with Gasteiger partial charge in [-0.3, -0.25) is 4.79 Å². The average Bonchev–Trinajstić information content (AvgIpc) is 3.55. The molecule has 4 N–H and O–H groups in total. The molecule has 1 heterocycles. The molecule has 238 valence electrons. The Labute approximate surface area is 264 Å². The molecule has 8 heteroatoms. The molecular weight excluding hydrogens is 570 g/mol. The van der Waals surface area contributed by atoms with Gasteiger partial charge in [-0.25, -0.2) is 0 Å². The Bertz CT molecular complexity index is 1540. The monoisotopic (exact) mass is 612 g/mol. The minimum Gasteiger partial charge on any atom is -0.670 e. The molecule has 1 fully saturated rings. The Morgan fingerprint density at radius 3 is 2.22 bits per heavy atom. The molecule has 0 bridgehead atoms. The van der Waals surface area contributed by atoms with Crippen LogP contribution in [0.4, 0.5) is 0 Å². The summed E-state index contributed by atoms with van der Waals surface area (Å²) >= 11 is 0. The number of ether oxygens (including phenoxy) is 2. The van der Waals surface area contributed by atoms with Crippen molar-refractivity contribution in [2.45, 2.75) is 75.9 Å². The fourth-order valence-electron chi connectivity index (χ4n) is 6.29. The Balaban J connectivity index is 1.37.